The van der Waals surface area contributed by atoms with E-state index in [2.05, 4.69) is 14.8 Å². The van der Waals surface area contributed by atoms with Crippen LogP contribution in [0.4, 0.5) is 0 Å². The molecule has 0 aliphatic heterocycles. The van der Waals surface area contributed by atoms with Crippen LogP contribution < -0.4 is 5.32 Å². The van der Waals surface area contributed by atoms with E-state index in [1.807, 2.05) is 0 Å². The van der Waals surface area contributed by atoms with Crippen molar-refractivity contribution in [3.63, 3.8) is 0 Å². The molecule has 1 rings (SSSR count). The number of phosphoric ester groups is 1. The highest BCUT2D eigenvalue weighted by Crippen LogP contribution is 2.38. The highest BCUT2D eigenvalue weighted by molar-refractivity contribution is 7.46. The summed E-state index contributed by atoms with van der Waals surface area (Å²) in [6.07, 6.45) is 5.36. The summed E-state index contributed by atoms with van der Waals surface area (Å²) in [5, 5.41) is 20.2. The van der Waals surface area contributed by atoms with Crippen molar-refractivity contribution < 1.29 is 24.0 Å². The summed E-state index contributed by atoms with van der Waals surface area (Å²) in [5.74, 6) is -0.00111. The van der Waals surface area contributed by atoms with Gasteiger partial charge in [0.1, 0.15) is 5.75 Å². The van der Waals surface area contributed by atoms with E-state index in [-0.39, 0.29) is 12.4 Å². The molecule has 1 aromatic rings. The highest BCUT2D eigenvalue weighted by Gasteiger charge is 2.17. The van der Waals surface area contributed by atoms with E-state index in [0.717, 1.165) is 19.3 Å². The second-order valence-electron chi connectivity index (χ2n) is 4.84. The van der Waals surface area contributed by atoms with E-state index in [1.54, 1.807) is 6.92 Å². The number of hydrogen-bond donors (Lipinski definition) is 5. The summed E-state index contributed by atoms with van der Waals surface area (Å²) < 4.78 is 15.3. The maximum atomic E-state index is 10.8. The van der Waals surface area contributed by atoms with Gasteiger partial charge in [0, 0.05) is 23.9 Å². The first-order chi connectivity index (χ1) is 10.3. The number of aromatic hydroxyl groups is 1. The molecule has 22 heavy (non-hydrogen) atoms. The topological polar surface area (TPSA) is 136 Å². The third-order valence-electron chi connectivity index (χ3n) is 3.07. The number of nitrogens with one attached hydrogen (secondary N) is 2. The minimum Gasteiger partial charge on any atom is -0.506 e. The number of phosphoric acid groups is 1. The standard InChI is InChI=1S/C13H22N3O5P/c1-10-13(17)12(8-15-6-4-2-3-5-14)11(7-16-10)9-21-22(18,19)20/h5,7,14-15,17H,2-4,6,8-9H2,1H3,(H2,18,19,20). The molecule has 0 aliphatic rings. The van der Waals surface area contributed by atoms with E-state index < -0.39 is 7.82 Å². The fourth-order valence-electron chi connectivity index (χ4n) is 1.87. The first kappa shape index (κ1) is 18.7. The predicted molar refractivity (Wildman–Crippen MR) is 81.8 cm³/mol. The van der Waals surface area contributed by atoms with Crippen molar-refractivity contribution >= 4 is 14.0 Å². The van der Waals surface area contributed by atoms with Crippen LogP contribution in [0.2, 0.25) is 0 Å². The third kappa shape index (κ3) is 6.64. The van der Waals surface area contributed by atoms with E-state index in [9.17, 15) is 9.67 Å². The monoisotopic (exact) mass is 331 g/mol. The van der Waals surface area contributed by atoms with Gasteiger partial charge in [-0.2, -0.15) is 0 Å². The fourth-order valence-corrected chi connectivity index (χ4v) is 2.18. The number of nitrogens with zero attached hydrogens (tertiary/aromatic N) is 1. The predicted octanol–water partition coefficient (Wildman–Crippen LogP) is 1.61. The first-order valence-corrected chi connectivity index (χ1v) is 8.44. The number of aryl methyl sites for hydroxylation is 1. The second kappa shape index (κ2) is 8.97. The fraction of sp³-hybridized carbons (Fsp3) is 0.538. The molecule has 0 radical (unpaired) electrons. The van der Waals surface area contributed by atoms with Crippen LogP contribution in [-0.4, -0.2) is 32.6 Å². The van der Waals surface area contributed by atoms with Crippen molar-refractivity contribution in [3.05, 3.63) is 23.0 Å². The van der Waals surface area contributed by atoms with Crippen LogP contribution in [0.1, 0.15) is 36.1 Å². The maximum Gasteiger partial charge on any atom is 0.469 e. The van der Waals surface area contributed by atoms with Crippen LogP contribution in [-0.2, 0) is 22.2 Å². The second-order valence-corrected chi connectivity index (χ2v) is 6.08. The lowest BCUT2D eigenvalue weighted by molar-refractivity contribution is 0.188. The van der Waals surface area contributed by atoms with E-state index in [0.29, 0.717) is 29.9 Å². The molecule has 1 heterocycles. The number of unbranched alkanes of at least 4 members (excludes halogenated alkanes) is 2. The van der Waals surface area contributed by atoms with Crippen LogP contribution in [0, 0.1) is 12.3 Å². The Kier molecular flexibility index (Phi) is 7.64. The summed E-state index contributed by atoms with van der Waals surface area (Å²) in [4.78, 5) is 21.5. The Bertz CT molecular complexity index is 547. The molecule has 0 atom stereocenters. The first-order valence-electron chi connectivity index (χ1n) is 6.91. The summed E-state index contributed by atoms with van der Waals surface area (Å²) >= 11 is 0. The summed E-state index contributed by atoms with van der Waals surface area (Å²) in [6.45, 7) is 2.39. The van der Waals surface area contributed by atoms with Crippen LogP contribution in [0.25, 0.3) is 0 Å². The van der Waals surface area contributed by atoms with Gasteiger partial charge in [-0.05, 0) is 38.9 Å². The van der Waals surface area contributed by atoms with Crippen molar-refractivity contribution in [3.8, 4) is 5.75 Å². The molecular weight excluding hydrogens is 309 g/mol. The van der Waals surface area contributed by atoms with E-state index in [1.165, 1.54) is 12.4 Å². The molecular formula is C13H22N3O5P. The van der Waals surface area contributed by atoms with E-state index >= 15 is 0 Å². The molecule has 0 fully saturated rings. The van der Waals surface area contributed by atoms with Gasteiger partial charge in [0.05, 0.1) is 12.3 Å². The number of hydrogen-bond acceptors (Lipinski definition) is 6. The van der Waals surface area contributed by atoms with Crippen LogP contribution in [0.5, 0.6) is 5.75 Å². The molecule has 0 saturated heterocycles. The Hall–Kier alpha value is -1.31. The van der Waals surface area contributed by atoms with Gasteiger partial charge in [-0.15, -0.1) is 0 Å². The van der Waals surface area contributed by atoms with Gasteiger partial charge in [0.15, 0.2) is 0 Å². The maximum absolute atomic E-state index is 10.8. The third-order valence-corrected chi connectivity index (χ3v) is 3.54. The average molecular weight is 331 g/mol. The van der Waals surface area contributed by atoms with E-state index in [4.69, 9.17) is 15.2 Å². The van der Waals surface area contributed by atoms with Crippen molar-refractivity contribution in [2.45, 2.75) is 39.3 Å². The zero-order chi connectivity index (χ0) is 16.6. The molecule has 0 bridgehead atoms. The Morgan fingerprint density at radius 3 is 2.82 bits per heavy atom. The molecule has 0 aliphatic carbocycles. The van der Waals surface area contributed by atoms with Crippen molar-refractivity contribution in [2.24, 2.45) is 0 Å². The van der Waals surface area contributed by atoms with Gasteiger partial charge in [-0.1, -0.05) is 0 Å². The van der Waals surface area contributed by atoms with Gasteiger partial charge in [0.25, 0.3) is 0 Å². The highest BCUT2D eigenvalue weighted by atomic mass is 31.2. The van der Waals surface area contributed by atoms with Gasteiger partial charge in [-0.25, -0.2) is 4.57 Å². The number of aromatic nitrogens is 1. The summed E-state index contributed by atoms with van der Waals surface area (Å²) in [5.41, 5.74) is 1.40. The molecule has 0 amide bonds. The molecule has 5 N–H and O–H groups in total. The molecule has 0 aromatic carbocycles. The van der Waals surface area contributed by atoms with Crippen LogP contribution in [0.15, 0.2) is 6.20 Å². The number of pyridine rings is 1. The van der Waals surface area contributed by atoms with Crippen molar-refractivity contribution in [1.82, 2.24) is 10.3 Å². The molecule has 9 heteroatoms. The molecule has 0 spiro atoms. The normalized spacial score (nSPS) is 11.6. The molecule has 0 saturated carbocycles. The lowest BCUT2D eigenvalue weighted by Crippen LogP contribution is -2.17. The average Bonchev–Trinajstić information content (AvgIpc) is 2.45. The Balaban J connectivity index is 2.67. The Labute approximate surface area is 129 Å². The van der Waals surface area contributed by atoms with Crippen LogP contribution >= 0.6 is 7.82 Å². The molecule has 8 nitrogen and oxygen atoms in total. The molecule has 1 aromatic heterocycles. The number of rotatable bonds is 10. The smallest absolute Gasteiger partial charge is 0.469 e. The van der Waals surface area contributed by atoms with Crippen molar-refractivity contribution in [1.29, 1.82) is 5.41 Å². The zero-order valence-corrected chi connectivity index (χ0v) is 13.3. The van der Waals surface area contributed by atoms with Gasteiger partial charge in [0.2, 0.25) is 0 Å². The molecule has 124 valence electrons. The van der Waals surface area contributed by atoms with Gasteiger partial charge >= 0.3 is 7.82 Å². The quantitative estimate of drug-likeness (QED) is 0.250. The van der Waals surface area contributed by atoms with Crippen molar-refractivity contribution in [2.75, 3.05) is 6.54 Å². The lowest BCUT2D eigenvalue weighted by atomic mass is 10.1. The minimum absolute atomic E-state index is 0.00111. The zero-order valence-electron chi connectivity index (χ0n) is 12.4. The Morgan fingerprint density at radius 2 is 2.18 bits per heavy atom. The van der Waals surface area contributed by atoms with Crippen LogP contribution in [0.3, 0.4) is 0 Å². The molecule has 0 unspecified atom stereocenters. The summed E-state index contributed by atoms with van der Waals surface area (Å²) in [6, 6.07) is 0. The van der Waals surface area contributed by atoms with Gasteiger partial charge < -0.3 is 25.6 Å². The SMILES string of the molecule is Cc1ncc(COP(=O)(O)O)c(CNCCCCC=N)c1O. The lowest BCUT2D eigenvalue weighted by Gasteiger charge is -2.14. The Morgan fingerprint density at radius 1 is 1.45 bits per heavy atom. The summed E-state index contributed by atoms with van der Waals surface area (Å²) in [7, 11) is -4.57. The largest absolute Gasteiger partial charge is 0.506 e. The van der Waals surface area contributed by atoms with Gasteiger partial charge in [-0.3, -0.25) is 9.51 Å². The minimum atomic E-state index is -4.57.